The molecule has 1 aliphatic rings. The van der Waals surface area contributed by atoms with Crippen LogP contribution in [0.2, 0.25) is 0 Å². The monoisotopic (exact) mass is 365 g/mol. The van der Waals surface area contributed by atoms with Crippen molar-refractivity contribution in [1.29, 1.82) is 0 Å². The van der Waals surface area contributed by atoms with Gasteiger partial charge in [-0.3, -0.25) is 9.78 Å². The summed E-state index contributed by atoms with van der Waals surface area (Å²) < 4.78 is 4.14. The first-order chi connectivity index (χ1) is 13.1. The summed E-state index contributed by atoms with van der Waals surface area (Å²) in [7, 11) is 2.02. The lowest BCUT2D eigenvalue weighted by atomic mass is 9.95. The average molecular weight is 365 g/mol. The van der Waals surface area contributed by atoms with Crippen LogP contribution in [0.5, 0.6) is 0 Å². The molecule has 3 aromatic rings. The lowest BCUT2D eigenvalue weighted by Gasteiger charge is -2.31. The Bertz CT molecular complexity index is 923. The van der Waals surface area contributed by atoms with Gasteiger partial charge in [-0.15, -0.1) is 10.2 Å². The number of aromatic nitrogens is 6. The highest BCUT2D eigenvalue weighted by Gasteiger charge is 2.28. The van der Waals surface area contributed by atoms with Crippen LogP contribution in [0.4, 0.5) is 0 Å². The van der Waals surface area contributed by atoms with E-state index in [9.17, 15) is 4.79 Å². The van der Waals surface area contributed by atoms with Crippen LogP contribution in [0.1, 0.15) is 46.6 Å². The molecule has 4 rings (SSSR count). The van der Waals surface area contributed by atoms with Gasteiger partial charge in [0.05, 0.1) is 12.1 Å². The largest absolute Gasteiger partial charge is 0.339 e. The predicted molar refractivity (Wildman–Crippen MR) is 99.2 cm³/mol. The van der Waals surface area contributed by atoms with Crippen molar-refractivity contribution in [3.05, 3.63) is 60.0 Å². The molecule has 0 spiro atoms. The Morgan fingerprint density at radius 2 is 2.04 bits per heavy atom. The number of nitrogens with zero attached hydrogens (tertiary/aromatic N) is 7. The zero-order chi connectivity index (χ0) is 18.8. The third-order valence-corrected chi connectivity index (χ3v) is 5.29. The molecular formula is C19H23N7O. The Kier molecular flexibility index (Phi) is 4.70. The molecule has 27 heavy (non-hydrogen) atoms. The Hall–Kier alpha value is -3.03. The maximum absolute atomic E-state index is 12.6. The number of pyridine rings is 1. The fraction of sp³-hybridized carbons (Fsp3) is 0.421. The highest BCUT2D eigenvalue weighted by molar-refractivity contribution is 5.93. The normalized spacial score (nSPS) is 15.3. The smallest absolute Gasteiger partial charge is 0.255 e. The lowest BCUT2D eigenvalue weighted by Crippen LogP contribution is -2.38. The molecule has 0 aliphatic carbocycles. The van der Waals surface area contributed by atoms with Crippen molar-refractivity contribution in [3.8, 4) is 0 Å². The highest BCUT2D eigenvalue weighted by atomic mass is 16.2. The second-order valence-corrected chi connectivity index (χ2v) is 6.94. The van der Waals surface area contributed by atoms with Crippen LogP contribution >= 0.6 is 0 Å². The van der Waals surface area contributed by atoms with Gasteiger partial charge in [-0.05, 0) is 31.9 Å². The lowest BCUT2D eigenvalue weighted by molar-refractivity contribution is 0.0710. The van der Waals surface area contributed by atoms with E-state index in [1.165, 1.54) is 0 Å². The van der Waals surface area contributed by atoms with E-state index in [1.54, 1.807) is 24.7 Å². The number of imidazole rings is 1. The van der Waals surface area contributed by atoms with Crippen LogP contribution in [-0.4, -0.2) is 53.2 Å². The first kappa shape index (κ1) is 17.4. The highest BCUT2D eigenvalue weighted by Crippen LogP contribution is 2.27. The number of aryl methyl sites for hydroxylation is 1. The van der Waals surface area contributed by atoms with E-state index in [2.05, 4.69) is 29.3 Å². The van der Waals surface area contributed by atoms with E-state index in [1.807, 2.05) is 31.1 Å². The maximum atomic E-state index is 12.6. The third-order valence-electron chi connectivity index (χ3n) is 5.29. The molecule has 0 radical (unpaired) electrons. The van der Waals surface area contributed by atoms with E-state index in [0.29, 0.717) is 18.0 Å². The third kappa shape index (κ3) is 3.47. The van der Waals surface area contributed by atoms with Crippen molar-refractivity contribution in [2.45, 2.75) is 32.2 Å². The Balaban J connectivity index is 1.41. The molecule has 8 nitrogen and oxygen atoms in total. The molecule has 4 heterocycles. The molecule has 0 aromatic carbocycles. The first-order valence-electron chi connectivity index (χ1n) is 9.18. The van der Waals surface area contributed by atoms with E-state index in [-0.39, 0.29) is 5.91 Å². The molecule has 1 saturated heterocycles. The molecule has 140 valence electrons. The van der Waals surface area contributed by atoms with Gasteiger partial charge in [0.25, 0.3) is 5.91 Å². The first-order valence-corrected chi connectivity index (χ1v) is 9.18. The van der Waals surface area contributed by atoms with Crippen LogP contribution in [-0.2, 0) is 13.6 Å². The summed E-state index contributed by atoms with van der Waals surface area (Å²) in [5.41, 5.74) is 0.646. The zero-order valence-corrected chi connectivity index (χ0v) is 15.6. The average Bonchev–Trinajstić information content (AvgIpc) is 3.28. The number of rotatable bonds is 4. The number of carbonyl (C=O) groups is 1. The number of carbonyl (C=O) groups excluding carboxylic acids is 1. The summed E-state index contributed by atoms with van der Waals surface area (Å²) in [5.74, 6) is 3.24. The summed E-state index contributed by atoms with van der Waals surface area (Å²) in [6.07, 6.45) is 8.83. The van der Waals surface area contributed by atoms with Crippen LogP contribution in [0.25, 0.3) is 0 Å². The van der Waals surface area contributed by atoms with E-state index in [0.717, 1.165) is 43.4 Å². The summed E-state index contributed by atoms with van der Waals surface area (Å²) in [6.45, 7) is 4.09. The standard InChI is InChI=1S/C19H23N7O/c1-14-21-8-11-26(14)13-17-22-23-18(24(17)2)15-5-9-25(10-6-15)19(27)16-4-3-7-20-12-16/h3-4,7-8,11-12,15H,5-6,9-10,13H2,1-2H3. The Morgan fingerprint density at radius 3 is 2.70 bits per heavy atom. The number of hydrogen-bond acceptors (Lipinski definition) is 5. The second kappa shape index (κ2) is 7.30. The molecule has 3 aromatic heterocycles. The molecular weight excluding hydrogens is 342 g/mol. The molecule has 1 amide bonds. The van der Waals surface area contributed by atoms with Gasteiger partial charge in [0, 0.05) is 50.8 Å². The Morgan fingerprint density at radius 1 is 1.22 bits per heavy atom. The van der Waals surface area contributed by atoms with Crippen LogP contribution < -0.4 is 0 Å². The summed E-state index contributed by atoms with van der Waals surface area (Å²) in [6, 6.07) is 3.61. The second-order valence-electron chi connectivity index (χ2n) is 6.94. The van der Waals surface area contributed by atoms with Crippen molar-refractivity contribution in [3.63, 3.8) is 0 Å². The van der Waals surface area contributed by atoms with E-state index < -0.39 is 0 Å². The van der Waals surface area contributed by atoms with Gasteiger partial charge in [0.15, 0.2) is 5.82 Å². The van der Waals surface area contributed by atoms with Crippen LogP contribution in [0.3, 0.4) is 0 Å². The van der Waals surface area contributed by atoms with Gasteiger partial charge in [0.1, 0.15) is 11.6 Å². The minimum absolute atomic E-state index is 0.0517. The van der Waals surface area contributed by atoms with E-state index >= 15 is 0 Å². The van der Waals surface area contributed by atoms with Gasteiger partial charge >= 0.3 is 0 Å². The molecule has 8 heteroatoms. The number of amides is 1. The van der Waals surface area contributed by atoms with Crippen LogP contribution in [0, 0.1) is 6.92 Å². The van der Waals surface area contributed by atoms with Gasteiger partial charge in [-0.2, -0.15) is 0 Å². The van der Waals surface area contributed by atoms with Crippen molar-refractivity contribution >= 4 is 5.91 Å². The molecule has 0 N–H and O–H groups in total. The zero-order valence-electron chi connectivity index (χ0n) is 15.6. The number of likely N-dealkylation sites (tertiary alicyclic amines) is 1. The molecule has 1 aliphatic heterocycles. The van der Waals surface area contributed by atoms with Gasteiger partial charge in [-0.1, -0.05) is 0 Å². The molecule has 0 unspecified atom stereocenters. The summed E-state index contributed by atoms with van der Waals surface area (Å²) >= 11 is 0. The maximum Gasteiger partial charge on any atom is 0.255 e. The molecule has 0 bridgehead atoms. The van der Waals surface area contributed by atoms with Crippen molar-refractivity contribution in [2.75, 3.05) is 13.1 Å². The summed E-state index contributed by atoms with van der Waals surface area (Å²) in [5, 5.41) is 8.83. The van der Waals surface area contributed by atoms with Gasteiger partial charge in [-0.25, -0.2) is 4.98 Å². The fourth-order valence-corrected chi connectivity index (χ4v) is 3.60. The molecule has 1 fully saturated rings. The minimum atomic E-state index is 0.0517. The fourth-order valence-electron chi connectivity index (χ4n) is 3.60. The number of hydrogen-bond donors (Lipinski definition) is 0. The SMILES string of the molecule is Cc1nccn1Cc1nnc(C2CCN(C(=O)c3cccnc3)CC2)n1C. The van der Waals surface area contributed by atoms with Crippen LogP contribution in [0.15, 0.2) is 36.9 Å². The number of piperidine rings is 1. The predicted octanol–water partition coefficient (Wildman–Crippen LogP) is 1.78. The topological polar surface area (TPSA) is 81.7 Å². The van der Waals surface area contributed by atoms with Gasteiger partial charge in [0.2, 0.25) is 0 Å². The van der Waals surface area contributed by atoms with Crippen molar-refractivity contribution in [2.24, 2.45) is 7.05 Å². The molecule has 0 atom stereocenters. The molecule has 0 saturated carbocycles. The minimum Gasteiger partial charge on any atom is -0.339 e. The quantitative estimate of drug-likeness (QED) is 0.704. The Labute approximate surface area is 157 Å². The van der Waals surface area contributed by atoms with Crippen molar-refractivity contribution in [1.82, 2.24) is 34.2 Å². The van der Waals surface area contributed by atoms with Crippen molar-refractivity contribution < 1.29 is 4.79 Å². The van der Waals surface area contributed by atoms with E-state index in [4.69, 9.17) is 0 Å². The van der Waals surface area contributed by atoms with Gasteiger partial charge < -0.3 is 14.0 Å². The summed E-state index contributed by atoms with van der Waals surface area (Å²) in [4.78, 5) is 22.8.